The summed E-state index contributed by atoms with van der Waals surface area (Å²) < 4.78 is 0. The molecule has 0 saturated heterocycles. The van der Waals surface area contributed by atoms with Gasteiger partial charge in [-0.25, -0.2) is 0 Å². The van der Waals surface area contributed by atoms with Crippen LogP contribution in [0, 0.1) is 0 Å². The molecule has 0 bridgehead atoms. The van der Waals surface area contributed by atoms with Crippen LogP contribution in [0.4, 0.5) is 0 Å². The van der Waals surface area contributed by atoms with Crippen LogP contribution in [0.2, 0.25) is 0 Å². The number of amides is 1. The molecule has 2 heteroatoms. The molecule has 0 aromatic heterocycles. The fourth-order valence-corrected chi connectivity index (χ4v) is 3.42. The van der Waals surface area contributed by atoms with Gasteiger partial charge >= 0.3 is 0 Å². The Labute approximate surface area is 138 Å². The number of nitrogens with one attached hydrogen (secondary N) is 1. The molecule has 0 atom stereocenters. The van der Waals surface area contributed by atoms with Crippen LogP contribution < -0.4 is 5.32 Å². The van der Waals surface area contributed by atoms with Crippen molar-refractivity contribution in [2.24, 2.45) is 0 Å². The van der Waals surface area contributed by atoms with Gasteiger partial charge in [-0.1, -0.05) is 67.1 Å². The molecule has 2 aromatic rings. The lowest BCUT2D eigenvalue weighted by atomic mass is 9.64. The third kappa shape index (κ3) is 3.03. The maximum atomic E-state index is 12.8. The van der Waals surface area contributed by atoms with Crippen LogP contribution in [0.15, 0.2) is 60.7 Å². The number of rotatable bonds is 5. The van der Waals surface area contributed by atoms with Crippen molar-refractivity contribution in [2.75, 3.05) is 6.54 Å². The summed E-state index contributed by atoms with van der Waals surface area (Å²) in [5, 5.41) is 3.22. The Bertz CT molecular complexity index is 657. The van der Waals surface area contributed by atoms with Gasteiger partial charge in [-0.3, -0.25) is 4.79 Å². The van der Waals surface area contributed by atoms with E-state index < -0.39 is 5.41 Å². The minimum absolute atomic E-state index is 0.103. The molecule has 1 saturated carbocycles. The van der Waals surface area contributed by atoms with Crippen molar-refractivity contribution < 1.29 is 4.79 Å². The van der Waals surface area contributed by atoms with E-state index in [1.54, 1.807) is 0 Å². The molecule has 1 amide bonds. The van der Waals surface area contributed by atoms with Crippen LogP contribution in [-0.2, 0) is 15.6 Å². The summed E-state index contributed by atoms with van der Waals surface area (Å²) in [4.78, 5) is 12.8. The Morgan fingerprint density at radius 1 is 1.00 bits per heavy atom. The van der Waals surface area contributed by atoms with Crippen molar-refractivity contribution >= 4 is 5.91 Å². The first kappa shape index (κ1) is 15.8. The van der Waals surface area contributed by atoms with Gasteiger partial charge in [-0.2, -0.15) is 0 Å². The van der Waals surface area contributed by atoms with Crippen molar-refractivity contribution in [1.82, 2.24) is 5.32 Å². The van der Waals surface area contributed by atoms with Gasteiger partial charge in [0.1, 0.15) is 0 Å². The highest BCUT2D eigenvalue weighted by Crippen LogP contribution is 2.43. The minimum Gasteiger partial charge on any atom is -0.354 e. The molecule has 0 spiro atoms. The van der Waals surface area contributed by atoms with Gasteiger partial charge in [-0.05, 0) is 37.8 Å². The minimum atomic E-state index is -0.511. The summed E-state index contributed by atoms with van der Waals surface area (Å²) in [6.07, 6.45) is 3.55. The number of hydrogen-bond donors (Lipinski definition) is 1. The van der Waals surface area contributed by atoms with E-state index in [-0.39, 0.29) is 11.3 Å². The molecule has 120 valence electrons. The van der Waals surface area contributed by atoms with Crippen molar-refractivity contribution in [3.8, 4) is 0 Å². The van der Waals surface area contributed by atoms with Gasteiger partial charge in [0.15, 0.2) is 0 Å². The molecule has 2 aromatic carbocycles. The topological polar surface area (TPSA) is 29.1 Å². The predicted molar refractivity (Wildman–Crippen MR) is 94.4 cm³/mol. The monoisotopic (exact) mass is 307 g/mol. The average molecular weight is 307 g/mol. The lowest BCUT2D eigenvalue weighted by molar-refractivity contribution is -0.126. The lowest BCUT2D eigenvalue weighted by Gasteiger charge is -2.43. The highest BCUT2D eigenvalue weighted by molar-refractivity contribution is 5.87. The van der Waals surface area contributed by atoms with Gasteiger partial charge in [0.05, 0.1) is 5.41 Å². The Hall–Kier alpha value is -2.09. The highest BCUT2D eigenvalue weighted by Gasteiger charge is 2.40. The number of hydrogen-bond acceptors (Lipinski definition) is 1. The molecule has 1 N–H and O–H groups in total. The fourth-order valence-electron chi connectivity index (χ4n) is 3.42. The van der Waals surface area contributed by atoms with Crippen LogP contribution in [0.5, 0.6) is 0 Å². The zero-order valence-corrected chi connectivity index (χ0v) is 14.0. The largest absolute Gasteiger partial charge is 0.354 e. The van der Waals surface area contributed by atoms with Gasteiger partial charge in [-0.15, -0.1) is 0 Å². The Balaban J connectivity index is 1.71. The molecule has 3 rings (SSSR count). The van der Waals surface area contributed by atoms with E-state index in [1.807, 2.05) is 50.2 Å². The smallest absolute Gasteiger partial charge is 0.230 e. The predicted octanol–water partition coefficient (Wildman–Crippen LogP) is 4.20. The second-order valence-electron chi connectivity index (χ2n) is 7.17. The lowest BCUT2D eigenvalue weighted by Crippen LogP contribution is -2.49. The van der Waals surface area contributed by atoms with E-state index in [9.17, 15) is 4.79 Å². The molecule has 1 aliphatic rings. The summed E-state index contributed by atoms with van der Waals surface area (Å²) in [5.74, 6) is 0.103. The third-order valence-electron chi connectivity index (χ3n) is 5.35. The SMILES string of the molecule is CC(C)(C(=O)NCC1(c2ccccc2)CCC1)c1ccccc1. The van der Waals surface area contributed by atoms with E-state index in [1.165, 1.54) is 12.0 Å². The molecular formula is C21H25NO. The summed E-state index contributed by atoms with van der Waals surface area (Å²) >= 11 is 0. The van der Waals surface area contributed by atoms with Gasteiger partial charge in [0.25, 0.3) is 0 Å². The van der Waals surface area contributed by atoms with Gasteiger partial charge in [0, 0.05) is 12.0 Å². The Kier molecular flexibility index (Phi) is 4.25. The first-order valence-electron chi connectivity index (χ1n) is 8.44. The molecule has 0 heterocycles. The first-order valence-corrected chi connectivity index (χ1v) is 8.44. The van der Waals surface area contributed by atoms with Crippen LogP contribution in [-0.4, -0.2) is 12.5 Å². The van der Waals surface area contributed by atoms with E-state index in [0.29, 0.717) is 0 Å². The van der Waals surface area contributed by atoms with Crippen LogP contribution in [0.3, 0.4) is 0 Å². The molecule has 0 radical (unpaired) electrons. The van der Waals surface area contributed by atoms with Crippen molar-refractivity contribution in [2.45, 2.75) is 43.9 Å². The summed E-state index contributed by atoms with van der Waals surface area (Å²) in [5.41, 5.74) is 2.02. The molecule has 2 nitrogen and oxygen atoms in total. The molecule has 23 heavy (non-hydrogen) atoms. The van der Waals surface area contributed by atoms with E-state index in [4.69, 9.17) is 0 Å². The van der Waals surface area contributed by atoms with Crippen LogP contribution in [0.1, 0.15) is 44.2 Å². The van der Waals surface area contributed by atoms with Gasteiger partial charge < -0.3 is 5.32 Å². The molecule has 1 aliphatic carbocycles. The van der Waals surface area contributed by atoms with E-state index in [2.05, 4.69) is 29.6 Å². The number of carbonyl (C=O) groups excluding carboxylic acids is 1. The van der Waals surface area contributed by atoms with Crippen LogP contribution >= 0.6 is 0 Å². The summed E-state index contributed by atoms with van der Waals surface area (Å²) in [6, 6.07) is 20.6. The average Bonchev–Trinajstić information content (AvgIpc) is 2.55. The second kappa shape index (κ2) is 6.19. The Morgan fingerprint density at radius 3 is 2.09 bits per heavy atom. The maximum Gasteiger partial charge on any atom is 0.230 e. The summed E-state index contributed by atoms with van der Waals surface area (Å²) in [6.45, 7) is 4.72. The van der Waals surface area contributed by atoms with E-state index in [0.717, 1.165) is 24.9 Å². The highest BCUT2D eigenvalue weighted by atomic mass is 16.2. The molecular weight excluding hydrogens is 282 g/mol. The quantitative estimate of drug-likeness (QED) is 0.881. The van der Waals surface area contributed by atoms with Crippen molar-refractivity contribution in [1.29, 1.82) is 0 Å². The maximum absolute atomic E-state index is 12.8. The zero-order valence-electron chi connectivity index (χ0n) is 14.0. The zero-order chi connectivity index (χ0) is 16.3. The molecule has 0 unspecified atom stereocenters. The van der Waals surface area contributed by atoms with Crippen molar-refractivity contribution in [3.63, 3.8) is 0 Å². The number of carbonyl (C=O) groups is 1. The Morgan fingerprint density at radius 2 is 1.57 bits per heavy atom. The third-order valence-corrected chi connectivity index (χ3v) is 5.35. The molecule has 1 fully saturated rings. The molecule has 0 aliphatic heterocycles. The second-order valence-corrected chi connectivity index (χ2v) is 7.17. The van der Waals surface area contributed by atoms with Crippen molar-refractivity contribution in [3.05, 3.63) is 71.8 Å². The van der Waals surface area contributed by atoms with E-state index >= 15 is 0 Å². The normalized spacial score (nSPS) is 16.4. The first-order chi connectivity index (χ1) is 11.0. The fraction of sp³-hybridized carbons (Fsp3) is 0.381. The standard InChI is InChI=1S/C21H25NO/c1-20(2,17-10-5-3-6-11-17)19(23)22-16-21(14-9-15-21)18-12-7-4-8-13-18/h3-8,10-13H,9,14-16H2,1-2H3,(H,22,23). The number of benzene rings is 2. The van der Waals surface area contributed by atoms with Gasteiger partial charge in [0.2, 0.25) is 5.91 Å². The summed E-state index contributed by atoms with van der Waals surface area (Å²) in [7, 11) is 0. The van der Waals surface area contributed by atoms with Crippen LogP contribution in [0.25, 0.3) is 0 Å².